The van der Waals surface area contributed by atoms with Gasteiger partial charge in [-0.1, -0.05) is 192 Å². The van der Waals surface area contributed by atoms with Gasteiger partial charge in [-0.3, -0.25) is 19.2 Å². The Morgan fingerprint density at radius 1 is 0.500 bits per heavy atom. The summed E-state index contributed by atoms with van der Waals surface area (Å²) in [5.74, 6) is 0.950. The number of carbonyl (C=O) groups is 4. The number of likely N-dealkylation sites (N-methyl/N-ethyl adjacent to an activating group) is 2. The van der Waals surface area contributed by atoms with Crippen molar-refractivity contribution >= 4 is 23.7 Å². The van der Waals surface area contributed by atoms with E-state index in [1.54, 1.807) is 16.7 Å². The monoisotopic (exact) mass is 1130 g/mol. The Bertz CT molecular complexity index is 3300. The summed E-state index contributed by atoms with van der Waals surface area (Å²) in [5.41, 5.74) is 9.10. The molecule has 2 saturated heterocycles. The summed E-state index contributed by atoms with van der Waals surface area (Å²) in [4.78, 5) is 69.2. The number of hydrogen-bond donors (Lipinski definition) is 1. The molecule has 0 radical (unpaired) electrons. The standard InChI is InChI=1S/C35H40N4O4.C33H37N5O3/c1-4-42-31(40)26-30-36-32(37-43-30)34(27-14-8-5-9-15-27)20-23-39(24-21-34)25-22-35(33(41)38(2)3,28-16-10-6-11-17-28)29-18-12-7-13-19-29;1-37(2)31(40)33(26-14-8-4-9-15-26,27-16-10-5-11-17-27)20-23-38-21-18-32(19-22-38,25-12-6-3-7-13-25)30-35-29(41-36-30)24-28(34)39/h5-19H,4,20-26H2,1-3H3;3-17H,18-24H2,1-2H3,(H2,34,39). The van der Waals surface area contributed by atoms with Gasteiger partial charge in [0.1, 0.15) is 23.7 Å². The Hall–Kier alpha value is -8.60. The number of likely N-dealkylation sites (tertiary alicyclic amines) is 2. The van der Waals surface area contributed by atoms with Gasteiger partial charge in [0.2, 0.25) is 29.5 Å². The fourth-order valence-corrected chi connectivity index (χ4v) is 12.6. The van der Waals surface area contributed by atoms with Crippen molar-refractivity contribution in [2.24, 2.45) is 5.73 Å². The predicted octanol–water partition coefficient (Wildman–Crippen LogP) is 8.97. The van der Waals surface area contributed by atoms with Crippen LogP contribution in [0.5, 0.6) is 0 Å². The maximum atomic E-state index is 14.1. The lowest BCUT2D eigenvalue weighted by Crippen LogP contribution is -2.49. The van der Waals surface area contributed by atoms with E-state index in [4.69, 9.17) is 19.5 Å². The minimum Gasteiger partial charge on any atom is -0.466 e. The predicted molar refractivity (Wildman–Crippen MR) is 322 cm³/mol. The topological polar surface area (TPSA) is 194 Å². The number of carbonyl (C=O) groups excluding carboxylic acids is 4. The molecule has 84 heavy (non-hydrogen) atoms. The van der Waals surface area contributed by atoms with Crippen molar-refractivity contribution in [1.29, 1.82) is 0 Å². The van der Waals surface area contributed by atoms with Crippen molar-refractivity contribution < 1.29 is 33.0 Å². The Balaban J connectivity index is 0.000000202. The van der Waals surface area contributed by atoms with Gasteiger partial charge in [-0.25, -0.2) is 0 Å². The van der Waals surface area contributed by atoms with E-state index in [2.05, 4.69) is 103 Å². The normalized spacial score (nSPS) is 15.2. The molecule has 0 bridgehead atoms. The van der Waals surface area contributed by atoms with Gasteiger partial charge < -0.3 is 39.1 Å². The highest BCUT2D eigenvalue weighted by Gasteiger charge is 2.48. The summed E-state index contributed by atoms with van der Waals surface area (Å²) in [6.07, 6.45) is 4.27. The number of nitrogens with two attached hydrogens (primary N) is 1. The summed E-state index contributed by atoms with van der Waals surface area (Å²) in [5, 5.41) is 8.68. The average molecular weight is 1130 g/mol. The number of esters is 1. The number of rotatable bonds is 21. The molecule has 3 amide bonds. The van der Waals surface area contributed by atoms with Gasteiger partial charge in [0.25, 0.3) is 0 Å². The molecule has 2 fully saturated rings. The lowest BCUT2D eigenvalue weighted by atomic mass is 9.70. The molecule has 2 aliphatic rings. The molecular weight excluding hydrogens is 1050 g/mol. The van der Waals surface area contributed by atoms with E-state index in [9.17, 15) is 19.2 Å². The van der Waals surface area contributed by atoms with Gasteiger partial charge >= 0.3 is 5.97 Å². The number of piperidine rings is 2. The molecule has 10 rings (SSSR count). The van der Waals surface area contributed by atoms with E-state index >= 15 is 0 Å². The van der Waals surface area contributed by atoms with Crippen LogP contribution in [0.1, 0.15) is 102 Å². The van der Waals surface area contributed by atoms with E-state index in [1.807, 2.05) is 137 Å². The van der Waals surface area contributed by atoms with Crippen LogP contribution in [0.25, 0.3) is 0 Å². The van der Waals surface area contributed by atoms with Crippen molar-refractivity contribution in [3.63, 3.8) is 0 Å². The summed E-state index contributed by atoms with van der Waals surface area (Å²) in [6.45, 7) is 6.75. The van der Waals surface area contributed by atoms with Crippen LogP contribution < -0.4 is 5.73 Å². The molecule has 0 spiro atoms. The summed E-state index contributed by atoms with van der Waals surface area (Å²) >= 11 is 0. The third kappa shape index (κ3) is 12.9. The minimum atomic E-state index is -0.810. The van der Waals surface area contributed by atoms with Crippen molar-refractivity contribution in [1.82, 2.24) is 39.9 Å². The molecule has 16 heteroatoms. The largest absolute Gasteiger partial charge is 0.466 e. The van der Waals surface area contributed by atoms with Crippen molar-refractivity contribution in [3.05, 3.63) is 239 Å². The number of ether oxygens (including phenoxy) is 1. The van der Waals surface area contributed by atoms with Crippen LogP contribution in [0.3, 0.4) is 0 Å². The minimum absolute atomic E-state index is 0.0429. The van der Waals surface area contributed by atoms with Crippen LogP contribution in [0.4, 0.5) is 0 Å². The highest BCUT2D eigenvalue weighted by atomic mass is 16.5. The number of hydrogen-bond acceptors (Lipinski definition) is 13. The van der Waals surface area contributed by atoms with Crippen molar-refractivity contribution in [2.75, 3.05) is 74.1 Å². The zero-order valence-corrected chi connectivity index (χ0v) is 48.9. The molecule has 2 aliphatic heterocycles. The van der Waals surface area contributed by atoms with Crippen LogP contribution >= 0.6 is 0 Å². The second kappa shape index (κ2) is 27.2. The molecule has 0 aliphatic carbocycles. The SMILES string of the molecule is CCOC(=O)Cc1nc(C2(c3ccccc3)CCN(CCC(C(=O)N(C)C)(c3ccccc3)c3ccccc3)CC2)no1.CN(C)C(=O)C(CCN1CCC(c2ccccc2)(c2noc(CC(N)=O)n2)CC1)(c1ccccc1)c1ccccc1. The summed E-state index contributed by atoms with van der Waals surface area (Å²) < 4.78 is 16.0. The van der Waals surface area contributed by atoms with Crippen LogP contribution in [0, 0.1) is 0 Å². The molecule has 0 atom stereocenters. The maximum Gasteiger partial charge on any atom is 0.315 e. The fourth-order valence-electron chi connectivity index (χ4n) is 12.6. The highest BCUT2D eigenvalue weighted by Crippen LogP contribution is 2.45. The average Bonchev–Trinajstić information content (AvgIpc) is 1.93. The Labute approximate surface area is 493 Å². The second-order valence-corrected chi connectivity index (χ2v) is 22.4. The molecule has 0 saturated carbocycles. The van der Waals surface area contributed by atoms with Crippen molar-refractivity contribution in [3.8, 4) is 0 Å². The third-order valence-electron chi connectivity index (χ3n) is 17.0. The first kappa shape index (κ1) is 60.0. The van der Waals surface area contributed by atoms with E-state index in [1.165, 1.54) is 0 Å². The van der Waals surface area contributed by atoms with E-state index in [0.29, 0.717) is 31.1 Å². The number of primary amides is 1. The van der Waals surface area contributed by atoms with Crippen LogP contribution in [0.2, 0.25) is 0 Å². The first-order valence-corrected chi connectivity index (χ1v) is 29.1. The number of aromatic nitrogens is 4. The molecule has 436 valence electrons. The smallest absolute Gasteiger partial charge is 0.315 e. The molecule has 16 nitrogen and oxygen atoms in total. The third-order valence-corrected chi connectivity index (χ3v) is 17.0. The number of nitrogens with zero attached hydrogens (tertiary/aromatic N) is 8. The molecule has 2 N–H and O–H groups in total. The van der Waals surface area contributed by atoms with E-state index in [0.717, 1.165) is 98.3 Å². The van der Waals surface area contributed by atoms with E-state index in [-0.39, 0.29) is 42.4 Å². The molecular formula is C68H77N9O7. The van der Waals surface area contributed by atoms with Gasteiger partial charge in [0.05, 0.1) is 17.4 Å². The van der Waals surface area contributed by atoms with Crippen LogP contribution in [0.15, 0.2) is 191 Å². The molecule has 2 aromatic heterocycles. The zero-order valence-electron chi connectivity index (χ0n) is 48.9. The van der Waals surface area contributed by atoms with Gasteiger partial charge in [0, 0.05) is 28.2 Å². The molecule has 4 heterocycles. The fraction of sp³-hybridized carbons (Fsp3) is 0.353. The summed E-state index contributed by atoms with van der Waals surface area (Å²) in [6, 6.07) is 61.0. The molecule has 8 aromatic rings. The lowest BCUT2D eigenvalue weighted by molar-refractivity contribution is -0.142. The van der Waals surface area contributed by atoms with E-state index < -0.39 is 27.6 Å². The first-order valence-electron chi connectivity index (χ1n) is 29.1. The summed E-state index contributed by atoms with van der Waals surface area (Å²) in [7, 11) is 7.32. The Morgan fingerprint density at radius 2 is 0.810 bits per heavy atom. The first-order chi connectivity index (χ1) is 40.7. The van der Waals surface area contributed by atoms with Crippen molar-refractivity contribution in [2.45, 2.75) is 80.0 Å². The number of benzene rings is 6. The number of amides is 3. The van der Waals surface area contributed by atoms with Crippen LogP contribution in [-0.2, 0) is 58.4 Å². The van der Waals surface area contributed by atoms with Gasteiger partial charge in [-0.2, -0.15) is 9.97 Å². The van der Waals surface area contributed by atoms with Crippen LogP contribution in [-0.4, -0.2) is 138 Å². The molecule has 0 unspecified atom stereocenters. The second-order valence-electron chi connectivity index (χ2n) is 22.4. The molecule has 6 aromatic carbocycles. The maximum absolute atomic E-state index is 14.1. The van der Waals surface area contributed by atoms with Gasteiger partial charge in [0.15, 0.2) is 11.6 Å². The van der Waals surface area contributed by atoms with Gasteiger partial charge in [-0.15, -0.1) is 0 Å². The highest BCUT2D eigenvalue weighted by molar-refractivity contribution is 5.92. The Morgan fingerprint density at radius 3 is 1.11 bits per heavy atom. The zero-order chi connectivity index (χ0) is 59.2. The quantitative estimate of drug-likeness (QED) is 0.0671. The Kier molecular flexibility index (Phi) is 19.4. The lowest BCUT2D eigenvalue weighted by Gasteiger charge is -2.42. The van der Waals surface area contributed by atoms with Gasteiger partial charge in [-0.05, 0) is 118 Å².